The van der Waals surface area contributed by atoms with Gasteiger partial charge in [-0.1, -0.05) is 0 Å². The van der Waals surface area contributed by atoms with E-state index in [0.717, 1.165) is 6.54 Å². The maximum atomic E-state index is 13.1. The summed E-state index contributed by atoms with van der Waals surface area (Å²) in [6.45, 7) is 2.73. The maximum Gasteiger partial charge on any atom is 0.265 e. The highest BCUT2D eigenvalue weighted by atomic mass is 79.9. The second-order valence-electron chi connectivity index (χ2n) is 4.30. The molecule has 0 bridgehead atoms. The van der Waals surface area contributed by atoms with Gasteiger partial charge in [-0.3, -0.25) is 4.40 Å². The molecular formula is C14H12BrFN4O. The average Bonchev–Trinajstić information content (AvgIpc) is 2.91. The van der Waals surface area contributed by atoms with Crippen molar-refractivity contribution in [1.82, 2.24) is 14.4 Å². The summed E-state index contributed by atoms with van der Waals surface area (Å²) in [4.78, 5) is 8.61. The van der Waals surface area contributed by atoms with Gasteiger partial charge in [-0.05, 0) is 41.1 Å². The number of ether oxygens (including phenoxy) is 1. The van der Waals surface area contributed by atoms with Gasteiger partial charge in [-0.25, -0.2) is 9.37 Å². The number of hydrogen-bond acceptors (Lipinski definition) is 4. The van der Waals surface area contributed by atoms with Crippen molar-refractivity contribution in [2.75, 3.05) is 11.9 Å². The van der Waals surface area contributed by atoms with Gasteiger partial charge >= 0.3 is 0 Å². The summed E-state index contributed by atoms with van der Waals surface area (Å²) in [5, 5.41) is 3.13. The number of imidazole rings is 1. The molecule has 0 saturated carbocycles. The number of benzene rings is 1. The summed E-state index contributed by atoms with van der Waals surface area (Å²) < 4.78 is 21.2. The van der Waals surface area contributed by atoms with Crippen LogP contribution in [0.3, 0.4) is 0 Å². The molecule has 7 heteroatoms. The predicted molar refractivity (Wildman–Crippen MR) is 81.3 cm³/mol. The molecule has 3 aromatic rings. The first-order valence-corrected chi connectivity index (χ1v) is 7.17. The first kappa shape index (κ1) is 13.8. The molecule has 1 aromatic carbocycles. The van der Waals surface area contributed by atoms with Crippen LogP contribution in [0.25, 0.3) is 5.65 Å². The molecule has 0 atom stereocenters. The van der Waals surface area contributed by atoms with Crippen LogP contribution in [0.1, 0.15) is 6.92 Å². The summed E-state index contributed by atoms with van der Waals surface area (Å²) in [6.07, 6.45) is 5.31. The Hall–Kier alpha value is -2.15. The minimum atomic E-state index is -0.338. The molecule has 21 heavy (non-hydrogen) atoms. The molecule has 2 heterocycles. The van der Waals surface area contributed by atoms with Gasteiger partial charge in [0.15, 0.2) is 0 Å². The molecule has 0 fully saturated rings. The molecule has 3 rings (SSSR count). The van der Waals surface area contributed by atoms with Gasteiger partial charge in [0.2, 0.25) is 5.65 Å². The predicted octanol–water partition coefficient (Wildman–Crippen LogP) is 3.86. The highest BCUT2D eigenvalue weighted by Crippen LogP contribution is 2.31. The number of anilines is 1. The Morgan fingerprint density at radius 1 is 1.43 bits per heavy atom. The number of rotatable bonds is 4. The lowest BCUT2D eigenvalue weighted by Crippen LogP contribution is -2.03. The zero-order chi connectivity index (χ0) is 14.8. The Bertz CT molecular complexity index is 790. The number of aromatic nitrogens is 3. The normalized spacial score (nSPS) is 10.8. The van der Waals surface area contributed by atoms with E-state index in [1.807, 2.05) is 23.7 Å². The third-order valence-corrected chi connectivity index (χ3v) is 3.42. The molecule has 0 aliphatic rings. The topological polar surface area (TPSA) is 51.5 Å². The van der Waals surface area contributed by atoms with E-state index in [0.29, 0.717) is 27.6 Å². The molecular weight excluding hydrogens is 339 g/mol. The minimum Gasteiger partial charge on any atom is -0.435 e. The summed E-state index contributed by atoms with van der Waals surface area (Å²) in [5.74, 6) is 1.17. The van der Waals surface area contributed by atoms with Crippen molar-refractivity contribution in [3.8, 4) is 11.6 Å². The lowest BCUT2D eigenvalue weighted by Gasteiger charge is -2.10. The van der Waals surface area contributed by atoms with Crippen molar-refractivity contribution < 1.29 is 9.13 Å². The second-order valence-corrected chi connectivity index (χ2v) is 5.15. The van der Waals surface area contributed by atoms with Crippen molar-refractivity contribution in [2.45, 2.75) is 6.92 Å². The van der Waals surface area contributed by atoms with Crippen LogP contribution < -0.4 is 10.1 Å². The lowest BCUT2D eigenvalue weighted by atomic mass is 10.3. The molecule has 1 N–H and O–H groups in total. The van der Waals surface area contributed by atoms with Crippen LogP contribution in [0.4, 0.5) is 10.2 Å². The number of nitrogens with one attached hydrogen (secondary N) is 1. The molecule has 0 unspecified atom stereocenters. The van der Waals surface area contributed by atoms with Crippen molar-refractivity contribution in [2.24, 2.45) is 0 Å². The molecule has 0 amide bonds. The van der Waals surface area contributed by atoms with Gasteiger partial charge in [-0.2, -0.15) is 4.98 Å². The Balaban J connectivity index is 2.04. The number of nitrogens with zero attached hydrogens (tertiary/aromatic N) is 3. The van der Waals surface area contributed by atoms with Gasteiger partial charge in [-0.15, -0.1) is 0 Å². The zero-order valence-corrected chi connectivity index (χ0v) is 12.8. The van der Waals surface area contributed by atoms with E-state index in [-0.39, 0.29) is 5.82 Å². The van der Waals surface area contributed by atoms with Gasteiger partial charge < -0.3 is 10.1 Å². The number of halogens is 2. The SMILES string of the molecule is CCNc1cn2ccnc2c(Oc2ccc(F)cc2Br)n1. The summed E-state index contributed by atoms with van der Waals surface area (Å²) in [5.41, 5.74) is 0.591. The number of hydrogen-bond donors (Lipinski definition) is 1. The molecule has 2 aromatic heterocycles. The highest BCUT2D eigenvalue weighted by molar-refractivity contribution is 9.10. The fraction of sp³-hybridized carbons (Fsp3) is 0.143. The van der Waals surface area contributed by atoms with E-state index in [1.165, 1.54) is 12.1 Å². The van der Waals surface area contributed by atoms with E-state index >= 15 is 0 Å². The van der Waals surface area contributed by atoms with E-state index in [2.05, 4.69) is 31.2 Å². The monoisotopic (exact) mass is 350 g/mol. The Kier molecular flexibility index (Phi) is 3.74. The van der Waals surface area contributed by atoms with Gasteiger partial charge in [0, 0.05) is 18.9 Å². The van der Waals surface area contributed by atoms with E-state index in [1.54, 1.807) is 12.3 Å². The van der Waals surface area contributed by atoms with Crippen molar-refractivity contribution >= 4 is 27.4 Å². The molecule has 0 radical (unpaired) electrons. The minimum absolute atomic E-state index is 0.338. The Labute approximate surface area is 128 Å². The molecule has 0 aliphatic heterocycles. The van der Waals surface area contributed by atoms with Crippen molar-refractivity contribution in [3.05, 3.63) is 47.1 Å². The Morgan fingerprint density at radius 2 is 2.29 bits per heavy atom. The standard InChI is InChI=1S/C14H12BrFN4O/c1-2-17-12-8-20-6-5-18-13(20)14(19-12)21-11-4-3-9(16)7-10(11)15/h3-8,17H,2H2,1H3. The molecule has 5 nitrogen and oxygen atoms in total. The van der Waals surface area contributed by atoms with E-state index in [9.17, 15) is 4.39 Å². The van der Waals surface area contributed by atoms with Crippen molar-refractivity contribution in [3.63, 3.8) is 0 Å². The van der Waals surface area contributed by atoms with Crippen LogP contribution in [0.15, 0.2) is 41.3 Å². The van der Waals surface area contributed by atoms with Crippen LogP contribution in [-0.4, -0.2) is 20.9 Å². The van der Waals surface area contributed by atoms with Crippen molar-refractivity contribution in [1.29, 1.82) is 0 Å². The van der Waals surface area contributed by atoms with Crippen LogP contribution in [0.2, 0.25) is 0 Å². The fourth-order valence-electron chi connectivity index (χ4n) is 1.90. The molecule has 108 valence electrons. The van der Waals surface area contributed by atoms with Crippen LogP contribution in [-0.2, 0) is 0 Å². The first-order valence-electron chi connectivity index (χ1n) is 6.38. The van der Waals surface area contributed by atoms with Gasteiger partial charge in [0.1, 0.15) is 17.4 Å². The third kappa shape index (κ3) is 2.82. The van der Waals surface area contributed by atoms with Crippen LogP contribution in [0.5, 0.6) is 11.6 Å². The number of fused-ring (bicyclic) bond motifs is 1. The fourth-order valence-corrected chi connectivity index (χ4v) is 2.33. The Morgan fingerprint density at radius 3 is 3.05 bits per heavy atom. The first-order chi connectivity index (χ1) is 10.2. The summed E-state index contributed by atoms with van der Waals surface area (Å²) in [7, 11) is 0. The van der Waals surface area contributed by atoms with E-state index in [4.69, 9.17) is 4.74 Å². The largest absolute Gasteiger partial charge is 0.435 e. The molecule has 0 spiro atoms. The smallest absolute Gasteiger partial charge is 0.265 e. The summed E-state index contributed by atoms with van der Waals surface area (Å²) in [6, 6.07) is 4.21. The van der Waals surface area contributed by atoms with Crippen LogP contribution >= 0.6 is 15.9 Å². The third-order valence-electron chi connectivity index (χ3n) is 2.80. The zero-order valence-electron chi connectivity index (χ0n) is 11.2. The molecule has 0 saturated heterocycles. The highest BCUT2D eigenvalue weighted by Gasteiger charge is 2.12. The lowest BCUT2D eigenvalue weighted by molar-refractivity contribution is 0.461. The second kappa shape index (κ2) is 5.69. The van der Waals surface area contributed by atoms with Gasteiger partial charge in [0.25, 0.3) is 5.88 Å². The summed E-state index contributed by atoms with van der Waals surface area (Å²) >= 11 is 3.27. The van der Waals surface area contributed by atoms with E-state index < -0.39 is 0 Å². The molecule has 0 aliphatic carbocycles. The maximum absolute atomic E-state index is 13.1. The average molecular weight is 351 g/mol. The van der Waals surface area contributed by atoms with Gasteiger partial charge in [0.05, 0.1) is 10.7 Å². The van der Waals surface area contributed by atoms with Crippen LogP contribution in [0, 0.1) is 5.82 Å². The quantitative estimate of drug-likeness (QED) is 0.776.